The van der Waals surface area contributed by atoms with Crippen LogP contribution in [0, 0.1) is 0 Å². The molecule has 0 aliphatic carbocycles. The molecule has 0 atom stereocenters. The van der Waals surface area contributed by atoms with E-state index < -0.39 is 0 Å². The van der Waals surface area contributed by atoms with Crippen molar-refractivity contribution in [1.29, 1.82) is 0 Å². The predicted octanol–water partition coefficient (Wildman–Crippen LogP) is 2.62. The number of benzene rings is 1. The monoisotopic (exact) mass is 258 g/mol. The quantitative estimate of drug-likeness (QED) is 0.775. The Balaban J connectivity index is 1.70. The summed E-state index contributed by atoms with van der Waals surface area (Å²) in [5.41, 5.74) is 2.06. The molecule has 19 heavy (non-hydrogen) atoms. The number of ether oxygens (including phenoxy) is 1. The predicted molar refractivity (Wildman–Crippen MR) is 74.4 cm³/mol. The average molecular weight is 258 g/mol. The first-order valence-electron chi connectivity index (χ1n) is 6.27. The zero-order valence-corrected chi connectivity index (χ0v) is 11.0. The summed E-state index contributed by atoms with van der Waals surface area (Å²) >= 11 is 0. The van der Waals surface area contributed by atoms with Crippen LogP contribution in [0.3, 0.4) is 0 Å². The van der Waals surface area contributed by atoms with Crippen molar-refractivity contribution >= 4 is 6.08 Å². The van der Waals surface area contributed by atoms with Gasteiger partial charge >= 0.3 is 0 Å². The Hall–Kier alpha value is -1.91. The maximum absolute atomic E-state index is 5.49. The zero-order chi connectivity index (χ0) is 13.3. The summed E-state index contributed by atoms with van der Waals surface area (Å²) in [6, 6.07) is 12.0. The summed E-state index contributed by atoms with van der Waals surface area (Å²) in [6.45, 7) is 1.70. The Bertz CT molecular complexity index is 506. The van der Waals surface area contributed by atoms with E-state index in [1.807, 2.05) is 43.5 Å². The highest BCUT2D eigenvalue weighted by atomic mass is 16.5. The Kier molecular flexibility index (Phi) is 5.34. The third-order valence-electron chi connectivity index (χ3n) is 2.53. The maximum atomic E-state index is 5.49. The van der Waals surface area contributed by atoms with E-state index in [9.17, 15) is 0 Å². The lowest BCUT2D eigenvalue weighted by Gasteiger charge is -1.96. The summed E-state index contributed by atoms with van der Waals surface area (Å²) in [5.74, 6) is 0.748. The van der Waals surface area contributed by atoms with Crippen LogP contribution in [0.15, 0.2) is 47.0 Å². The van der Waals surface area contributed by atoms with E-state index in [0.717, 1.165) is 11.5 Å². The Morgan fingerprint density at radius 2 is 2.16 bits per heavy atom. The van der Waals surface area contributed by atoms with Gasteiger partial charge in [0.2, 0.25) is 0 Å². The molecule has 0 saturated heterocycles. The van der Waals surface area contributed by atoms with Crippen molar-refractivity contribution < 1.29 is 9.26 Å². The van der Waals surface area contributed by atoms with E-state index >= 15 is 0 Å². The standard InChI is InChI=1S/C15H18N2O2/c1-16-11-14-10-15(19-17-14)12-18-9-5-8-13-6-3-2-4-7-13/h2-8,10,16H,9,11-12H2,1H3. The van der Waals surface area contributed by atoms with Crippen molar-refractivity contribution in [3.63, 3.8) is 0 Å². The first kappa shape index (κ1) is 13.5. The molecule has 1 aromatic heterocycles. The Labute approximate surface area is 113 Å². The SMILES string of the molecule is CNCc1cc(COCC=Cc2ccccc2)on1. The molecular weight excluding hydrogens is 240 g/mol. The lowest BCUT2D eigenvalue weighted by molar-refractivity contribution is 0.125. The number of aromatic nitrogens is 1. The molecule has 0 amide bonds. The summed E-state index contributed by atoms with van der Waals surface area (Å²) in [4.78, 5) is 0. The van der Waals surface area contributed by atoms with Gasteiger partial charge in [0, 0.05) is 12.6 Å². The van der Waals surface area contributed by atoms with Crippen molar-refractivity contribution in [3.05, 3.63) is 59.5 Å². The first-order valence-corrected chi connectivity index (χ1v) is 6.27. The summed E-state index contributed by atoms with van der Waals surface area (Å²) < 4.78 is 10.6. The second-order valence-electron chi connectivity index (χ2n) is 4.14. The highest BCUT2D eigenvalue weighted by molar-refractivity contribution is 5.48. The summed E-state index contributed by atoms with van der Waals surface area (Å²) in [7, 11) is 1.87. The van der Waals surface area contributed by atoms with Gasteiger partial charge < -0.3 is 14.6 Å². The van der Waals surface area contributed by atoms with E-state index in [4.69, 9.17) is 9.26 Å². The zero-order valence-electron chi connectivity index (χ0n) is 11.0. The van der Waals surface area contributed by atoms with Crippen LogP contribution in [0.5, 0.6) is 0 Å². The summed E-state index contributed by atoms with van der Waals surface area (Å²) in [6.07, 6.45) is 4.02. The largest absolute Gasteiger partial charge is 0.369 e. The van der Waals surface area contributed by atoms with Crippen molar-refractivity contribution in [3.8, 4) is 0 Å². The minimum Gasteiger partial charge on any atom is -0.369 e. The van der Waals surface area contributed by atoms with Crippen LogP contribution < -0.4 is 5.32 Å². The molecule has 0 fully saturated rings. The van der Waals surface area contributed by atoms with Crippen LogP contribution in [0.1, 0.15) is 17.0 Å². The molecule has 100 valence electrons. The van der Waals surface area contributed by atoms with Gasteiger partial charge in [0.25, 0.3) is 0 Å². The van der Waals surface area contributed by atoms with Crippen LogP contribution in [-0.2, 0) is 17.9 Å². The highest BCUT2D eigenvalue weighted by Crippen LogP contribution is 2.05. The fourth-order valence-corrected chi connectivity index (χ4v) is 1.66. The minimum atomic E-state index is 0.440. The van der Waals surface area contributed by atoms with Crippen molar-refractivity contribution in [1.82, 2.24) is 10.5 Å². The molecule has 1 heterocycles. The fourth-order valence-electron chi connectivity index (χ4n) is 1.66. The molecule has 0 saturated carbocycles. The maximum Gasteiger partial charge on any atom is 0.162 e. The summed E-state index contributed by atoms with van der Waals surface area (Å²) in [5, 5.41) is 6.93. The molecule has 1 N–H and O–H groups in total. The molecule has 2 aromatic rings. The molecule has 4 nitrogen and oxygen atoms in total. The van der Waals surface area contributed by atoms with E-state index in [1.165, 1.54) is 5.56 Å². The van der Waals surface area contributed by atoms with E-state index in [2.05, 4.69) is 22.6 Å². The molecular formula is C15H18N2O2. The molecule has 0 radical (unpaired) electrons. The highest BCUT2D eigenvalue weighted by Gasteiger charge is 2.02. The van der Waals surface area contributed by atoms with Crippen LogP contribution >= 0.6 is 0 Å². The lowest BCUT2D eigenvalue weighted by atomic mass is 10.2. The lowest BCUT2D eigenvalue weighted by Crippen LogP contribution is -2.04. The van der Waals surface area contributed by atoms with Gasteiger partial charge in [-0.3, -0.25) is 0 Å². The van der Waals surface area contributed by atoms with Gasteiger partial charge in [0.15, 0.2) is 5.76 Å². The number of nitrogens with zero attached hydrogens (tertiary/aromatic N) is 1. The van der Waals surface area contributed by atoms with Crippen LogP contribution in [0.4, 0.5) is 0 Å². The van der Waals surface area contributed by atoms with Crippen molar-refractivity contribution in [2.24, 2.45) is 0 Å². The molecule has 0 aliphatic heterocycles. The van der Waals surface area contributed by atoms with Crippen LogP contribution in [0.25, 0.3) is 6.08 Å². The molecule has 4 heteroatoms. The van der Waals surface area contributed by atoms with Gasteiger partial charge in [-0.1, -0.05) is 47.6 Å². The number of rotatable bonds is 7. The van der Waals surface area contributed by atoms with E-state index in [0.29, 0.717) is 19.8 Å². The van der Waals surface area contributed by atoms with Crippen LogP contribution in [-0.4, -0.2) is 18.8 Å². The first-order chi connectivity index (χ1) is 9.38. The minimum absolute atomic E-state index is 0.440. The molecule has 0 aliphatic rings. The third-order valence-corrected chi connectivity index (χ3v) is 2.53. The Morgan fingerprint density at radius 1 is 1.32 bits per heavy atom. The molecule has 0 spiro atoms. The number of hydrogen-bond acceptors (Lipinski definition) is 4. The second-order valence-corrected chi connectivity index (χ2v) is 4.14. The average Bonchev–Trinajstić information content (AvgIpc) is 2.88. The van der Waals surface area contributed by atoms with Crippen molar-refractivity contribution in [2.75, 3.05) is 13.7 Å². The third kappa shape index (κ3) is 4.69. The van der Waals surface area contributed by atoms with Gasteiger partial charge in [0.1, 0.15) is 6.61 Å². The van der Waals surface area contributed by atoms with E-state index in [-0.39, 0.29) is 0 Å². The fraction of sp³-hybridized carbons (Fsp3) is 0.267. The second kappa shape index (κ2) is 7.51. The topological polar surface area (TPSA) is 47.3 Å². The molecule has 1 aromatic carbocycles. The Morgan fingerprint density at radius 3 is 2.95 bits per heavy atom. The van der Waals surface area contributed by atoms with Crippen molar-refractivity contribution in [2.45, 2.75) is 13.2 Å². The number of nitrogens with one attached hydrogen (secondary N) is 1. The van der Waals surface area contributed by atoms with Gasteiger partial charge in [-0.2, -0.15) is 0 Å². The van der Waals surface area contributed by atoms with E-state index in [1.54, 1.807) is 0 Å². The molecule has 0 bridgehead atoms. The normalized spacial score (nSPS) is 11.2. The smallest absolute Gasteiger partial charge is 0.162 e. The van der Waals surface area contributed by atoms with Gasteiger partial charge in [-0.05, 0) is 12.6 Å². The number of hydrogen-bond donors (Lipinski definition) is 1. The molecule has 2 rings (SSSR count). The molecule has 0 unspecified atom stereocenters. The van der Waals surface area contributed by atoms with Gasteiger partial charge in [-0.15, -0.1) is 0 Å². The van der Waals surface area contributed by atoms with Crippen LogP contribution in [0.2, 0.25) is 0 Å². The van der Waals surface area contributed by atoms with Gasteiger partial charge in [-0.25, -0.2) is 0 Å². The van der Waals surface area contributed by atoms with Gasteiger partial charge in [0.05, 0.1) is 12.3 Å².